The molecule has 2 aromatic heterocycles. The molecule has 2 unspecified atom stereocenters. The zero-order chi connectivity index (χ0) is 25.3. The topological polar surface area (TPSA) is 90.0 Å². The summed E-state index contributed by atoms with van der Waals surface area (Å²) in [6.45, 7) is 1.81. The van der Waals surface area contributed by atoms with Gasteiger partial charge >= 0.3 is 0 Å². The van der Waals surface area contributed by atoms with Crippen molar-refractivity contribution in [1.29, 1.82) is 0 Å². The van der Waals surface area contributed by atoms with E-state index in [4.69, 9.17) is 10.5 Å². The van der Waals surface area contributed by atoms with Crippen molar-refractivity contribution in [3.63, 3.8) is 0 Å². The maximum absolute atomic E-state index is 14.3. The van der Waals surface area contributed by atoms with Crippen molar-refractivity contribution in [3.05, 3.63) is 70.6 Å². The lowest BCUT2D eigenvalue weighted by atomic mass is 9.88. The van der Waals surface area contributed by atoms with E-state index in [-0.39, 0.29) is 29.1 Å². The van der Waals surface area contributed by atoms with Crippen LogP contribution in [-0.2, 0) is 19.9 Å². The minimum absolute atomic E-state index is 0.150. The monoisotopic (exact) mass is 486 g/mol. The van der Waals surface area contributed by atoms with Crippen LogP contribution in [0.15, 0.2) is 42.2 Å². The highest BCUT2D eigenvalue weighted by Gasteiger charge is 2.28. The Hall–Kier alpha value is -3.53. The number of anilines is 1. The summed E-state index contributed by atoms with van der Waals surface area (Å²) in [5.41, 5.74) is 10.6. The molecular formula is C25H29F3N6O. The highest BCUT2D eigenvalue weighted by molar-refractivity contribution is 5.72. The van der Waals surface area contributed by atoms with Crippen LogP contribution < -0.4 is 21.1 Å². The first-order valence-electron chi connectivity index (χ1n) is 11.3. The molecule has 0 fully saturated rings. The van der Waals surface area contributed by atoms with Gasteiger partial charge in [-0.1, -0.05) is 6.07 Å². The molecule has 1 aliphatic heterocycles. The van der Waals surface area contributed by atoms with E-state index in [0.29, 0.717) is 23.1 Å². The van der Waals surface area contributed by atoms with Crippen LogP contribution in [0.25, 0.3) is 11.1 Å². The molecule has 3 heterocycles. The Kier molecular flexibility index (Phi) is 7.02. The second-order valence-electron chi connectivity index (χ2n) is 8.53. The molecule has 35 heavy (non-hydrogen) atoms. The number of nitrogens with zero attached hydrogens (tertiary/aromatic N) is 3. The minimum Gasteiger partial charge on any atom is -0.482 e. The van der Waals surface area contributed by atoms with Gasteiger partial charge in [0.1, 0.15) is 11.9 Å². The Morgan fingerprint density at radius 2 is 2.03 bits per heavy atom. The van der Waals surface area contributed by atoms with Crippen LogP contribution in [0.3, 0.4) is 0 Å². The first-order chi connectivity index (χ1) is 16.7. The normalized spacial score (nSPS) is 18.9. The number of fused-ring (bicyclic) bond motifs is 5. The van der Waals surface area contributed by atoms with Crippen LogP contribution in [0, 0.1) is 5.82 Å². The number of ether oxygens (including phenoxy) is 1. The van der Waals surface area contributed by atoms with E-state index in [1.54, 1.807) is 37.1 Å². The zero-order valence-corrected chi connectivity index (χ0v) is 20.1. The molecule has 0 radical (unpaired) electrons. The fraction of sp³-hybridized carbons (Fsp3) is 0.360. The Morgan fingerprint density at radius 1 is 1.26 bits per heavy atom. The van der Waals surface area contributed by atoms with E-state index >= 15 is 0 Å². The van der Waals surface area contributed by atoms with E-state index in [0.717, 1.165) is 16.8 Å². The van der Waals surface area contributed by atoms with Crippen LogP contribution in [0.4, 0.5) is 19.0 Å². The maximum atomic E-state index is 14.3. The van der Waals surface area contributed by atoms with Crippen molar-refractivity contribution in [3.8, 4) is 16.9 Å². The fourth-order valence-electron chi connectivity index (χ4n) is 4.70. The number of rotatable bonds is 4. The number of nitrogens with two attached hydrogens (primary N) is 1. The summed E-state index contributed by atoms with van der Waals surface area (Å²) in [5.74, 6) is 0.0543. The number of aromatic nitrogens is 3. The van der Waals surface area contributed by atoms with Gasteiger partial charge in [-0.15, -0.1) is 0 Å². The molecule has 0 spiro atoms. The van der Waals surface area contributed by atoms with Gasteiger partial charge in [-0.3, -0.25) is 4.68 Å². The highest BCUT2D eigenvalue weighted by Crippen LogP contribution is 2.39. The highest BCUT2D eigenvalue weighted by atomic mass is 19.3. The second kappa shape index (κ2) is 9.99. The van der Waals surface area contributed by atoms with Gasteiger partial charge in [0.15, 0.2) is 11.6 Å². The van der Waals surface area contributed by atoms with E-state index < -0.39 is 19.0 Å². The lowest BCUT2D eigenvalue weighted by Gasteiger charge is -2.27. The third-order valence-corrected chi connectivity index (χ3v) is 6.22. The van der Waals surface area contributed by atoms with Crippen molar-refractivity contribution in [2.24, 2.45) is 7.05 Å². The Morgan fingerprint density at radius 3 is 2.71 bits per heavy atom. The van der Waals surface area contributed by atoms with Gasteiger partial charge in [-0.05, 0) is 49.5 Å². The van der Waals surface area contributed by atoms with E-state index in [2.05, 4.69) is 20.7 Å². The quantitative estimate of drug-likeness (QED) is 0.515. The molecule has 7 nitrogen and oxygen atoms in total. The summed E-state index contributed by atoms with van der Waals surface area (Å²) in [4.78, 5) is 4.27. The number of hydrogen-bond acceptors (Lipinski definition) is 6. The van der Waals surface area contributed by atoms with Crippen LogP contribution >= 0.6 is 0 Å². The SMILES string of the molecule is CNC=C1Cc2c(c(CC(F)F)nn2C)-c2cnc(N)c(c2)OC(C)c2cc(F)ccc2C1NC. The van der Waals surface area contributed by atoms with Crippen LogP contribution in [0.5, 0.6) is 5.75 Å². The Labute approximate surface area is 202 Å². The summed E-state index contributed by atoms with van der Waals surface area (Å²) in [6, 6.07) is 5.96. The van der Waals surface area contributed by atoms with E-state index in [1.807, 2.05) is 20.2 Å². The number of nitrogens with one attached hydrogen (secondary N) is 2. The molecule has 186 valence electrons. The predicted molar refractivity (Wildman–Crippen MR) is 129 cm³/mol. The zero-order valence-electron chi connectivity index (χ0n) is 20.1. The molecule has 2 bridgehead atoms. The molecule has 3 aromatic rings. The molecule has 2 atom stereocenters. The molecule has 0 aliphatic carbocycles. The lowest BCUT2D eigenvalue weighted by Crippen LogP contribution is -2.24. The first-order valence-corrected chi connectivity index (χ1v) is 11.3. The predicted octanol–water partition coefficient (Wildman–Crippen LogP) is 4.07. The number of pyridine rings is 1. The first kappa shape index (κ1) is 24.6. The number of likely N-dealkylation sites (N-methyl/N-ethyl adjacent to an activating group) is 1. The summed E-state index contributed by atoms with van der Waals surface area (Å²) < 4.78 is 49.1. The molecular weight excluding hydrogens is 457 g/mol. The van der Waals surface area contributed by atoms with Gasteiger partial charge in [-0.2, -0.15) is 5.10 Å². The summed E-state index contributed by atoms with van der Waals surface area (Å²) in [5, 5.41) is 10.8. The summed E-state index contributed by atoms with van der Waals surface area (Å²) in [6.07, 6.45) is 0.163. The number of nitrogen functional groups attached to an aromatic ring is 1. The molecule has 0 saturated carbocycles. The van der Waals surface area contributed by atoms with Gasteiger partial charge < -0.3 is 21.1 Å². The van der Waals surface area contributed by atoms with Crippen molar-refractivity contribution in [2.45, 2.75) is 38.3 Å². The van der Waals surface area contributed by atoms with Crippen LogP contribution in [0.1, 0.15) is 41.6 Å². The van der Waals surface area contributed by atoms with Gasteiger partial charge in [0.2, 0.25) is 6.43 Å². The van der Waals surface area contributed by atoms with Crippen molar-refractivity contribution in [2.75, 3.05) is 19.8 Å². The molecule has 4 rings (SSSR count). The lowest BCUT2D eigenvalue weighted by molar-refractivity contribution is 0.148. The molecule has 0 amide bonds. The largest absolute Gasteiger partial charge is 0.482 e. The van der Waals surface area contributed by atoms with Gasteiger partial charge in [0, 0.05) is 43.4 Å². The Bertz CT molecular complexity index is 1260. The third-order valence-electron chi connectivity index (χ3n) is 6.22. The number of halogens is 3. The minimum atomic E-state index is -2.56. The van der Waals surface area contributed by atoms with E-state index in [9.17, 15) is 13.2 Å². The molecule has 1 aliphatic rings. The van der Waals surface area contributed by atoms with Crippen molar-refractivity contribution in [1.82, 2.24) is 25.4 Å². The standard InChI is InChI=1S/C25H29F3N6O/c1-13-18-9-16(26)5-6-17(18)24(31-3)15(11-30-2)7-20-23(19(10-22(27)28)33-34(20)4)14-8-21(35-13)25(29)32-12-14/h5-6,8-9,11-13,22,24,30-31H,7,10H2,1-4H3,(H2,29,32). The molecule has 10 heteroatoms. The number of aryl methyl sites for hydroxylation is 1. The smallest absolute Gasteiger partial charge is 0.244 e. The maximum Gasteiger partial charge on any atom is 0.244 e. The summed E-state index contributed by atoms with van der Waals surface area (Å²) >= 11 is 0. The molecule has 1 aromatic carbocycles. The number of benzene rings is 1. The number of alkyl halides is 2. The van der Waals surface area contributed by atoms with Crippen LogP contribution in [-0.4, -0.2) is 35.3 Å². The van der Waals surface area contributed by atoms with Crippen molar-refractivity contribution >= 4 is 5.82 Å². The fourth-order valence-corrected chi connectivity index (χ4v) is 4.70. The second-order valence-corrected chi connectivity index (χ2v) is 8.53. The number of hydrogen-bond donors (Lipinski definition) is 3. The van der Waals surface area contributed by atoms with Gasteiger partial charge in [0.05, 0.1) is 23.9 Å². The van der Waals surface area contributed by atoms with Gasteiger partial charge in [-0.25, -0.2) is 18.2 Å². The summed E-state index contributed by atoms with van der Waals surface area (Å²) in [7, 11) is 5.34. The molecule has 4 N–H and O–H groups in total. The van der Waals surface area contributed by atoms with Crippen LogP contribution in [0.2, 0.25) is 0 Å². The average Bonchev–Trinajstić information content (AvgIpc) is 3.09. The van der Waals surface area contributed by atoms with E-state index in [1.165, 1.54) is 12.1 Å². The molecule has 0 saturated heterocycles. The van der Waals surface area contributed by atoms with Gasteiger partial charge in [0.25, 0.3) is 0 Å². The average molecular weight is 487 g/mol. The van der Waals surface area contributed by atoms with Crippen molar-refractivity contribution < 1.29 is 17.9 Å². The Balaban J connectivity index is 2.02. The third kappa shape index (κ3) is 4.84.